The SMILES string of the molecule is C=CN[C@H](F)CC[C@H](/C(=C/C)NC(c1cc(F)c(C)cc1F)C1CC1)/C(C=C)=C/C1=CN1C. The molecule has 1 aliphatic carbocycles. The first-order chi connectivity index (χ1) is 15.8. The predicted molar refractivity (Wildman–Crippen MR) is 129 cm³/mol. The summed E-state index contributed by atoms with van der Waals surface area (Å²) in [5.74, 6) is -0.772. The fourth-order valence-electron chi connectivity index (χ4n) is 4.15. The molecular weight excluding hydrogens is 423 g/mol. The average molecular weight is 458 g/mol. The second kappa shape index (κ2) is 10.8. The normalized spacial score (nSPS) is 18.8. The number of nitrogens with zero attached hydrogens (tertiary/aromatic N) is 1. The van der Waals surface area contributed by atoms with Crippen molar-refractivity contribution in [3.8, 4) is 0 Å². The molecular formula is C27H34F3N3. The standard InChI is InChI=1S/C27H34F3N3/c1-6-18(14-20-16-33(20)5)21(11-12-26(30)31-8-3)25(7-2)32-27(19-9-10-19)22-15-23(28)17(4)13-24(22)29/h6-8,13-16,19,21,26-27,31-32H,1,3,9-12H2,2,4-5H3/b18-14+,25-7-/t21-,26-,27?,33?/m0/s1. The highest BCUT2D eigenvalue weighted by Gasteiger charge is 2.36. The lowest BCUT2D eigenvalue weighted by Gasteiger charge is -2.29. The molecule has 0 saturated heterocycles. The van der Waals surface area contributed by atoms with Gasteiger partial charge in [0.1, 0.15) is 11.6 Å². The van der Waals surface area contributed by atoms with E-state index in [1.807, 2.05) is 37.2 Å². The van der Waals surface area contributed by atoms with Crippen LogP contribution in [0.1, 0.15) is 49.8 Å². The summed E-state index contributed by atoms with van der Waals surface area (Å²) in [6.45, 7) is 11.0. The van der Waals surface area contributed by atoms with Crippen molar-refractivity contribution in [2.75, 3.05) is 7.05 Å². The van der Waals surface area contributed by atoms with Gasteiger partial charge in [0, 0.05) is 30.4 Å². The Hall–Kier alpha value is -2.89. The van der Waals surface area contributed by atoms with Crippen LogP contribution in [0.3, 0.4) is 0 Å². The molecule has 1 fully saturated rings. The Bertz CT molecular complexity index is 975. The van der Waals surface area contributed by atoms with Gasteiger partial charge in [-0.15, -0.1) is 0 Å². The first-order valence-electron chi connectivity index (χ1n) is 11.5. The van der Waals surface area contributed by atoms with E-state index in [9.17, 15) is 13.2 Å². The third-order valence-electron chi connectivity index (χ3n) is 6.34. The highest BCUT2D eigenvalue weighted by atomic mass is 19.1. The van der Waals surface area contributed by atoms with E-state index in [-0.39, 0.29) is 29.9 Å². The molecule has 2 N–H and O–H groups in total. The zero-order valence-electron chi connectivity index (χ0n) is 19.7. The molecule has 0 radical (unpaired) electrons. The zero-order valence-corrected chi connectivity index (χ0v) is 19.7. The number of hydrogen-bond acceptors (Lipinski definition) is 3. The Morgan fingerprint density at radius 1 is 1.21 bits per heavy atom. The number of alkyl halides is 1. The van der Waals surface area contributed by atoms with Crippen molar-refractivity contribution < 1.29 is 13.2 Å². The van der Waals surface area contributed by atoms with Crippen LogP contribution in [-0.2, 0) is 0 Å². The third-order valence-corrected chi connectivity index (χ3v) is 6.34. The monoisotopic (exact) mass is 457 g/mol. The molecule has 2 aliphatic rings. The van der Waals surface area contributed by atoms with Gasteiger partial charge in [-0.3, -0.25) is 0 Å². The van der Waals surface area contributed by atoms with E-state index in [0.29, 0.717) is 12.0 Å². The maximum Gasteiger partial charge on any atom is 0.169 e. The number of halogens is 3. The van der Waals surface area contributed by atoms with Crippen LogP contribution >= 0.6 is 0 Å². The second-order valence-electron chi connectivity index (χ2n) is 8.81. The number of rotatable bonds is 13. The van der Waals surface area contributed by atoms with Crippen molar-refractivity contribution in [1.82, 2.24) is 15.5 Å². The maximum absolute atomic E-state index is 14.9. The zero-order chi connectivity index (χ0) is 24.1. The Morgan fingerprint density at radius 3 is 2.45 bits per heavy atom. The van der Waals surface area contributed by atoms with Crippen molar-refractivity contribution >= 4 is 0 Å². The fraction of sp³-hybridized carbons (Fsp3) is 0.407. The molecule has 3 rings (SSSR count). The summed E-state index contributed by atoms with van der Waals surface area (Å²) in [5.41, 5.74) is 3.49. The van der Waals surface area contributed by atoms with Gasteiger partial charge in [-0.25, -0.2) is 13.2 Å². The molecule has 3 atom stereocenters. The molecule has 0 bridgehead atoms. The van der Waals surface area contributed by atoms with Crippen LogP contribution < -0.4 is 10.6 Å². The molecule has 33 heavy (non-hydrogen) atoms. The van der Waals surface area contributed by atoms with Crippen LogP contribution in [-0.4, -0.2) is 18.2 Å². The number of nitrogens with one attached hydrogen (secondary N) is 2. The minimum Gasteiger partial charge on any atom is -0.381 e. The topological polar surface area (TPSA) is 27.1 Å². The molecule has 0 spiro atoms. The average Bonchev–Trinajstić information content (AvgIpc) is 3.71. The van der Waals surface area contributed by atoms with Crippen molar-refractivity contribution in [2.24, 2.45) is 11.8 Å². The minimum atomic E-state index is -1.22. The Labute approximate surface area is 195 Å². The molecule has 0 aromatic heterocycles. The maximum atomic E-state index is 14.9. The molecule has 6 heteroatoms. The minimum absolute atomic E-state index is 0.174. The quantitative estimate of drug-likeness (QED) is 0.260. The van der Waals surface area contributed by atoms with Crippen molar-refractivity contribution in [1.29, 1.82) is 0 Å². The molecule has 1 aromatic carbocycles. The molecule has 1 heterocycles. The molecule has 1 unspecified atom stereocenters. The van der Waals surface area contributed by atoms with Crippen molar-refractivity contribution in [2.45, 2.75) is 51.9 Å². The summed E-state index contributed by atoms with van der Waals surface area (Å²) in [4.78, 5) is 2.00. The van der Waals surface area contributed by atoms with Gasteiger partial charge in [0.25, 0.3) is 0 Å². The lowest BCUT2D eigenvalue weighted by Crippen LogP contribution is -2.29. The Morgan fingerprint density at radius 2 is 1.91 bits per heavy atom. The van der Waals surface area contributed by atoms with E-state index in [0.717, 1.165) is 29.8 Å². The highest BCUT2D eigenvalue weighted by Crippen LogP contribution is 2.43. The van der Waals surface area contributed by atoms with E-state index in [4.69, 9.17) is 0 Å². The molecule has 0 amide bonds. The summed E-state index contributed by atoms with van der Waals surface area (Å²) < 4.78 is 43.5. The van der Waals surface area contributed by atoms with Crippen molar-refractivity contribution in [3.63, 3.8) is 0 Å². The van der Waals surface area contributed by atoms with E-state index in [1.165, 1.54) is 18.3 Å². The van der Waals surface area contributed by atoms with Crippen LogP contribution in [0.4, 0.5) is 13.2 Å². The predicted octanol–water partition coefficient (Wildman–Crippen LogP) is 6.54. The van der Waals surface area contributed by atoms with Crippen molar-refractivity contribution in [3.05, 3.63) is 95.6 Å². The first-order valence-corrected chi connectivity index (χ1v) is 11.5. The van der Waals surface area contributed by atoms with E-state index < -0.39 is 17.9 Å². The van der Waals surface area contributed by atoms with E-state index in [2.05, 4.69) is 23.8 Å². The number of aryl methyl sites for hydroxylation is 1. The van der Waals surface area contributed by atoms with Gasteiger partial charge in [-0.2, -0.15) is 0 Å². The third kappa shape index (κ3) is 6.34. The molecule has 3 nitrogen and oxygen atoms in total. The van der Waals surface area contributed by atoms with Gasteiger partial charge in [-0.1, -0.05) is 25.3 Å². The Balaban J connectivity index is 1.90. The molecule has 1 aromatic rings. The van der Waals surface area contributed by atoms with Crippen LogP contribution in [0.25, 0.3) is 0 Å². The van der Waals surface area contributed by atoms with Gasteiger partial charge in [0.2, 0.25) is 0 Å². The lowest BCUT2D eigenvalue weighted by molar-refractivity contribution is 0.269. The number of benzene rings is 1. The summed E-state index contributed by atoms with van der Waals surface area (Å²) in [6, 6.07) is 2.21. The summed E-state index contributed by atoms with van der Waals surface area (Å²) >= 11 is 0. The van der Waals surface area contributed by atoms with Crippen LogP contribution in [0.15, 0.2) is 72.9 Å². The number of likely N-dealkylation sites (N-methyl/N-ethyl adjacent to an activating group) is 1. The summed E-state index contributed by atoms with van der Waals surface area (Å²) in [5, 5.41) is 6.10. The number of allylic oxidation sites excluding steroid dienone is 4. The van der Waals surface area contributed by atoms with Gasteiger partial charge >= 0.3 is 0 Å². The van der Waals surface area contributed by atoms with Gasteiger partial charge in [0.05, 0.1) is 11.7 Å². The molecule has 1 aliphatic heterocycles. The van der Waals surface area contributed by atoms with E-state index in [1.54, 1.807) is 13.0 Å². The molecule has 178 valence electrons. The van der Waals surface area contributed by atoms with Crippen LogP contribution in [0.5, 0.6) is 0 Å². The van der Waals surface area contributed by atoms with Gasteiger partial charge in [0.15, 0.2) is 6.30 Å². The second-order valence-corrected chi connectivity index (χ2v) is 8.81. The fourth-order valence-corrected chi connectivity index (χ4v) is 4.15. The van der Waals surface area contributed by atoms with Gasteiger partial charge < -0.3 is 15.5 Å². The summed E-state index contributed by atoms with van der Waals surface area (Å²) in [6.07, 6.45) is 10.6. The molecule has 1 saturated carbocycles. The van der Waals surface area contributed by atoms with E-state index >= 15 is 0 Å². The number of hydrogen-bond donors (Lipinski definition) is 2. The Kier molecular flexibility index (Phi) is 8.11. The smallest absolute Gasteiger partial charge is 0.169 e. The lowest BCUT2D eigenvalue weighted by atomic mass is 9.88. The van der Waals surface area contributed by atoms with Crippen LogP contribution in [0.2, 0.25) is 0 Å². The summed E-state index contributed by atoms with van der Waals surface area (Å²) in [7, 11) is 1.96. The van der Waals surface area contributed by atoms with Crippen LogP contribution in [0, 0.1) is 30.4 Å². The first kappa shape index (κ1) is 24.7. The van der Waals surface area contributed by atoms with Gasteiger partial charge in [-0.05, 0) is 81.0 Å². The highest BCUT2D eigenvalue weighted by molar-refractivity contribution is 5.40. The largest absolute Gasteiger partial charge is 0.381 e.